The second-order valence-corrected chi connectivity index (χ2v) is 5.69. The van der Waals surface area contributed by atoms with Gasteiger partial charge in [0.15, 0.2) is 0 Å². The number of hydrogen-bond acceptors (Lipinski definition) is 5. The summed E-state index contributed by atoms with van der Waals surface area (Å²) in [7, 11) is 1.51. The Balaban J connectivity index is 1.90. The Morgan fingerprint density at radius 1 is 1.24 bits per heavy atom. The van der Waals surface area contributed by atoms with Crippen LogP contribution in [0.25, 0.3) is 0 Å². The monoisotopic (exact) mass is 296 g/mol. The second kappa shape index (κ2) is 5.01. The van der Waals surface area contributed by atoms with Gasteiger partial charge in [-0.15, -0.1) is 0 Å². The molecule has 5 unspecified atom stereocenters. The van der Waals surface area contributed by atoms with Crippen molar-refractivity contribution in [2.75, 3.05) is 7.05 Å². The van der Waals surface area contributed by atoms with Gasteiger partial charge in [0, 0.05) is 0 Å². The molecule has 2 amide bonds. The van der Waals surface area contributed by atoms with Crippen molar-refractivity contribution in [3.05, 3.63) is 24.1 Å². The van der Waals surface area contributed by atoms with Crippen molar-refractivity contribution >= 4 is 11.8 Å². The lowest BCUT2D eigenvalue weighted by Crippen LogP contribution is -2.59. The molecule has 3 aliphatic rings. The molecule has 2 aliphatic heterocycles. The van der Waals surface area contributed by atoms with Crippen LogP contribution in [-0.4, -0.2) is 57.4 Å². The average Bonchev–Trinajstić information content (AvgIpc) is 2.71. The molecule has 1 aliphatic carbocycles. The SMILES string of the molecule is CN1C(O)CCC(N2C(=O)C3C=CC=C(F)C3C2=O)C1O. The highest BCUT2D eigenvalue weighted by Gasteiger charge is 2.54. The van der Waals surface area contributed by atoms with E-state index in [9.17, 15) is 24.2 Å². The Hall–Kier alpha value is -1.57. The maximum absolute atomic E-state index is 13.8. The molecule has 0 aromatic heterocycles. The van der Waals surface area contributed by atoms with Crippen LogP contribution >= 0.6 is 0 Å². The number of likely N-dealkylation sites (tertiary alicyclic amines) is 2. The van der Waals surface area contributed by atoms with Crippen LogP contribution in [-0.2, 0) is 9.59 Å². The molecule has 0 aromatic carbocycles. The Bertz CT molecular complexity index is 547. The lowest BCUT2D eigenvalue weighted by Gasteiger charge is -2.42. The van der Waals surface area contributed by atoms with Gasteiger partial charge in [-0.05, 0) is 26.0 Å². The van der Waals surface area contributed by atoms with E-state index in [1.54, 1.807) is 0 Å². The highest BCUT2D eigenvalue weighted by molar-refractivity contribution is 6.07. The summed E-state index contributed by atoms with van der Waals surface area (Å²) in [6.07, 6.45) is 2.78. The fourth-order valence-electron chi connectivity index (χ4n) is 3.28. The average molecular weight is 296 g/mol. The lowest BCUT2D eigenvalue weighted by molar-refractivity contribution is -0.170. The van der Waals surface area contributed by atoms with E-state index in [2.05, 4.69) is 0 Å². The fraction of sp³-hybridized carbons (Fsp3) is 0.571. The summed E-state index contributed by atoms with van der Waals surface area (Å²) in [6, 6.07) is -0.759. The van der Waals surface area contributed by atoms with Crippen LogP contribution in [0.2, 0.25) is 0 Å². The van der Waals surface area contributed by atoms with Gasteiger partial charge >= 0.3 is 0 Å². The molecule has 2 N–H and O–H groups in total. The van der Waals surface area contributed by atoms with Gasteiger partial charge in [0.25, 0.3) is 0 Å². The molecule has 2 heterocycles. The molecule has 0 saturated carbocycles. The first-order chi connectivity index (χ1) is 9.93. The molecule has 114 valence electrons. The summed E-state index contributed by atoms with van der Waals surface area (Å²) in [5.41, 5.74) is 0. The van der Waals surface area contributed by atoms with E-state index in [0.29, 0.717) is 12.8 Å². The van der Waals surface area contributed by atoms with E-state index >= 15 is 0 Å². The van der Waals surface area contributed by atoms with Crippen molar-refractivity contribution in [3.8, 4) is 0 Å². The second-order valence-electron chi connectivity index (χ2n) is 5.69. The first-order valence-corrected chi connectivity index (χ1v) is 6.92. The van der Waals surface area contributed by atoms with E-state index < -0.39 is 48.0 Å². The standard InChI is InChI=1S/C14H17FN2O4/c1-16-10(18)6-5-9(13(16)20)17-12(19)7-3-2-4-8(15)11(7)14(17)21/h2-4,7,9-11,13,18,20H,5-6H2,1H3. The molecule has 6 nitrogen and oxygen atoms in total. The van der Waals surface area contributed by atoms with E-state index in [-0.39, 0.29) is 0 Å². The summed E-state index contributed by atoms with van der Waals surface area (Å²) in [5.74, 6) is -3.66. The van der Waals surface area contributed by atoms with Gasteiger partial charge in [-0.25, -0.2) is 4.39 Å². The van der Waals surface area contributed by atoms with Gasteiger partial charge in [0.2, 0.25) is 11.8 Å². The van der Waals surface area contributed by atoms with Crippen molar-refractivity contribution in [2.24, 2.45) is 11.8 Å². The number of fused-ring (bicyclic) bond motifs is 1. The van der Waals surface area contributed by atoms with Crippen molar-refractivity contribution < 1.29 is 24.2 Å². The number of carbonyl (C=O) groups excluding carboxylic acids is 2. The van der Waals surface area contributed by atoms with Gasteiger partial charge in [-0.1, -0.05) is 12.2 Å². The quantitative estimate of drug-likeness (QED) is 0.652. The van der Waals surface area contributed by atoms with Crippen LogP contribution < -0.4 is 0 Å². The molecule has 3 rings (SSSR count). The molecule has 5 atom stereocenters. The van der Waals surface area contributed by atoms with Gasteiger partial charge in [-0.3, -0.25) is 19.4 Å². The third-order valence-electron chi connectivity index (χ3n) is 4.54. The number of nitrogens with zero attached hydrogens (tertiary/aromatic N) is 2. The van der Waals surface area contributed by atoms with Crippen LogP contribution in [0, 0.1) is 11.8 Å². The normalized spacial score (nSPS) is 40.5. The molecule has 7 heteroatoms. The summed E-state index contributed by atoms with van der Waals surface area (Å²) in [6.45, 7) is 0. The summed E-state index contributed by atoms with van der Waals surface area (Å²) < 4.78 is 13.8. The molecule has 2 fully saturated rings. The van der Waals surface area contributed by atoms with E-state index in [4.69, 9.17) is 0 Å². The van der Waals surface area contributed by atoms with Crippen molar-refractivity contribution in [1.82, 2.24) is 9.80 Å². The largest absolute Gasteiger partial charge is 0.378 e. The number of aliphatic hydroxyl groups is 2. The number of piperidine rings is 1. The molecule has 0 bridgehead atoms. The number of allylic oxidation sites excluding steroid dienone is 2. The topological polar surface area (TPSA) is 81.1 Å². The highest BCUT2D eigenvalue weighted by atomic mass is 19.1. The molecule has 0 aromatic rings. The molecule has 0 spiro atoms. The molecule has 2 saturated heterocycles. The van der Waals surface area contributed by atoms with Crippen molar-refractivity contribution in [2.45, 2.75) is 31.3 Å². The zero-order chi connectivity index (χ0) is 15.3. The number of hydrogen-bond donors (Lipinski definition) is 2. The van der Waals surface area contributed by atoms with Gasteiger partial charge < -0.3 is 10.2 Å². The van der Waals surface area contributed by atoms with E-state index in [0.717, 1.165) is 4.90 Å². The number of rotatable bonds is 1. The van der Waals surface area contributed by atoms with Gasteiger partial charge in [0.05, 0.1) is 12.0 Å². The lowest BCUT2D eigenvalue weighted by atomic mass is 9.90. The third kappa shape index (κ3) is 2.04. The zero-order valence-corrected chi connectivity index (χ0v) is 11.5. The highest BCUT2D eigenvalue weighted by Crippen LogP contribution is 2.39. The fourth-order valence-corrected chi connectivity index (χ4v) is 3.28. The summed E-state index contributed by atoms with van der Waals surface area (Å²) in [5, 5.41) is 19.9. The Kier molecular flexibility index (Phi) is 3.43. The maximum atomic E-state index is 13.8. The summed E-state index contributed by atoms with van der Waals surface area (Å²) in [4.78, 5) is 27.1. The Morgan fingerprint density at radius 2 is 1.95 bits per heavy atom. The number of carbonyl (C=O) groups is 2. The molecular formula is C14H17FN2O4. The Morgan fingerprint density at radius 3 is 2.62 bits per heavy atom. The molecular weight excluding hydrogens is 279 g/mol. The third-order valence-corrected chi connectivity index (χ3v) is 4.54. The number of amides is 2. The van der Waals surface area contributed by atoms with Crippen molar-refractivity contribution in [1.29, 1.82) is 0 Å². The maximum Gasteiger partial charge on any atom is 0.240 e. The number of halogens is 1. The van der Waals surface area contributed by atoms with Crippen LogP contribution in [0.15, 0.2) is 24.1 Å². The van der Waals surface area contributed by atoms with Crippen LogP contribution in [0.1, 0.15) is 12.8 Å². The predicted octanol–water partition coefficient (Wildman–Crippen LogP) is -0.258. The number of likely N-dealkylation sites (N-methyl/N-ethyl adjacent to an activating group) is 1. The smallest absolute Gasteiger partial charge is 0.240 e. The van der Waals surface area contributed by atoms with E-state index in [1.165, 1.54) is 30.2 Å². The van der Waals surface area contributed by atoms with E-state index in [1.807, 2.05) is 0 Å². The molecule has 0 radical (unpaired) electrons. The van der Waals surface area contributed by atoms with Crippen molar-refractivity contribution in [3.63, 3.8) is 0 Å². The van der Waals surface area contributed by atoms with Crippen LogP contribution in [0.3, 0.4) is 0 Å². The van der Waals surface area contributed by atoms with Crippen LogP contribution in [0.4, 0.5) is 4.39 Å². The minimum atomic E-state index is -1.15. The van der Waals surface area contributed by atoms with Crippen LogP contribution in [0.5, 0.6) is 0 Å². The predicted molar refractivity (Wildman–Crippen MR) is 70.0 cm³/mol. The number of aliphatic hydroxyl groups excluding tert-OH is 2. The first-order valence-electron chi connectivity index (χ1n) is 6.92. The van der Waals surface area contributed by atoms with Gasteiger partial charge in [-0.2, -0.15) is 0 Å². The zero-order valence-electron chi connectivity index (χ0n) is 11.5. The number of imide groups is 1. The summed E-state index contributed by atoms with van der Waals surface area (Å²) >= 11 is 0. The van der Waals surface area contributed by atoms with Gasteiger partial charge in [0.1, 0.15) is 24.2 Å². The minimum Gasteiger partial charge on any atom is -0.378 e. The minimum absolute atomic E-state index is 0.290. The molecule has 21 heavy (non-hydrogen) atoms. The first kappa shape index (κ1) is 14.4. The Labute approximate surface area is 121 Å².